The number of benzene rings is 1. The molecule has 2 aromatic rings. The molecule has 3 N–H and O–H groups in total. The van der Waals surface area contributed by atoms with Crippen LogP contribution in [0.25, 0.3) is 0 Å². The third-order valence-corrected chi connectivity index (χ3v) is 2.75. The van der Waals surface area contributed by atoms with Crippen LogP contribution >= 0.6 is 0 Å². The molecule has 100 valence electrons. The zero-order valence-electron chi connectivity index (χ0n) is 11.0. The first-order valence-corrected chi connectivity index (χ1v) is 6.24. The van der Waals surface area contributed by atoms with Crippen LogP contribution in [0.3, 0.4) is 0 Å². The molecule has 2 rings (SSSR count). The number of amides is 1. The summed E-state index contributed by atoms with van der Waals surface area (Å²) in [4.78, 5) is 16.0. The van der Waals surface area contributed by atoms with Gasteiger partial charge in [0.15, 0.2) is 0 Å². The van der Waals surface area contributed by atoms with Crippen molar-refractivity contribution in [2.75, 3.05) is 11.9 Å². The average Bonchev–Trinajstić information content (AvgIpc) is 2.80. The van der Waals surface area contributed by atoms with Crippen molar-refractivity contribution in [3.05, 3.63) is 48.0 Å². The lowest BCUT2D eigenvalue weighted by molar-refractivity contribution is -0.116. The van der Waals surface area contributed by atoms with Crippen LogP contribution < -0.4 is 11.1 Å². The number of nitrogens with one attached hydrogen (secondary N) is 1. The van der Waals surface area contributed by atoms with Crippen molar-refractivity contribution in [1.82, 2.24) is 9.55 Å². The van der Waals surface area contributed by atoms with E-state index in [1.165, 1.54) is 5.56 Å². The van der Waals surface area contributed by atoms with Crippen LogP contribution in [-0.2, 0) is 17.8 Å². The predicted octanol–water partition coefficient (Wildman–Crippen LogP) is 1.33. The molecule has 0 spiro atoms. The molecular weight excluding hydrogens is 240 g/mol. The maximum absolute atomic E-state index is 11.8. The Kier molecular flexibility index (Phi) is 4.30. The first-order valence-electron chi connectivity index (χ1n) is 6.24. The van der Waals surface area contributed by atoms with Gasteiger partial charge >= 0.3 is 0 Å². The number of nitrogens with two attached hydrogens (primary N) is 1. The van der Waals surface area contributed by atoms with Gasteiger partial charge in [-0.05, 0) is 25.6 Å². The lowest BCUT2D eigenvalue weighted by Crippen LogP contribution is -2.17. The Hall–Kier alpha value is -2.14. The number of imidazole rings is 1. The monoisotopic (exact) mass is 258 g/mol. The Bertz CT molecular complexity index is 545. The summed E-state index contributed by atoms with van der Waals surface area (Å²) in [7, 11) is 0. The number of carbonyl (C=O) groups is 1. The summed E-state index contributed by atoms with van der Waals surface area (Å²) >= 11 is 0. The number of aryl methyl sites for hydroxylation is 1. The topological polar surface area (TPSA) is 72.9 Å². The van der Waals surface area contributed by atoms with Gasteiger partial charge in [0.05, 0.1) is 12.0 Å². The fraction of sp³-hybridized carbons (Fsp3) is 0.286. The summed E-state index contributed by atoms with van der Waals surface area (Å²) in [5.41, 5.74) is 8.33. The Balaban J connectivity index is 1.91. The first kappa shape index (κ1) is 13.3. The van der Waals surface area contributed by atoms with Crippen molar-refractivity contribution in [3.63, 3.8) is 0 Å². The van der Waals surface area contributed by atoms with Crippen LogP contribution in [0.2, 0.25) is 0 Å². The second kappa shape index (κ2) is 6.15. The second-order valence-electron chi connectivity index (χ2n) is 4.49. The molecule has 1 aromatic heterocycles. The Morgan fingerprint density at radius 2 is 2.11 bits per heavy atom. The highest BCUT2D eigenvalue weighted by Crippen LogP contribution is 2.08. The number of hydrogen-bond donors (Lipinski definition) is 2. The molecule has 1 aromatic carbocycles. The Labute approximate surface area is 112 Å². The van der Waals surface area contributed by atoms with Gasteiger partial charge in [0.1, 0.15) is 6.54 Å². The molecule has 1 amide bonds. The van der Waals surface area contributed by atoms with E-state index in [2.05, 4.69) is 10.3 Å². The lowest BCUT2D eigenvalue weighted by Gasteiger charge is -2.05. The highest BCUT2D eigenvalue weighted by molar-refractivity contribution is 5.90. The van der Waals surface area contributed by atoms with Crippen LogP contribution in [0.4, 0.5) is 5.69 Å². The van der Waals surface area contributed by atoms with Crippen LogP contribution in [0.15, 0.2) is 36.8 Å². The van der Waals surface area contributed by atoms with E-state index >= 15 is 0 Å². The largest absolute Gasteiger partial charge is 0.330 e. The lowest BCUT2D eigenvalue weighted by atomic mass is 10.2. The van der Waals surface area contributed by atoms with Crippen molar-refractivity contribution in [2.45, 2.75) is 19.9 Å². The molecule has 0 radical (unpaired) electrons. The van der Waals surface area contributed by atoms with Gasteiger partial charge in [-0.1, -0.05) is 17.7 Å². The van der Waals surface area contributed by atoms with Crippen molar-refractivity contribution < 1.29 is 4.79 Å². The van der Waals surface area contributed by atoms with Gasteiger partial charge in [0.2, 0.25) is 5.91 Å². The fourth-order valence-electron chi connectivity index (χ4n) is 1.77. The summed E-state index contributed by atoms with van der Waals surface area (Å²) in [5, 5.41) is 2.85. The van der Waals surface area contributed by atoms with Crippen molar-refractivity contribution >= 4 is 11.6 Å². The van der Waals surface area contributed by atoms with Crippen LogP contribution in [0, 0.1) is 6.92 Å². The molecule has 0 fully saturated rings. The smallest absolute Gasteiger partial charge is 0.244 e. The summed E-state index contributed by atoms with van der Waals surface area (Å²) in [6.45, 7) is 2.83. The van der Waals surface area contributed by atoms with Crippen LogP contribution in [-0.4, -0.2) is 22.0 Å². The molecule has 0 bridgehead atoms. The number of rotatable bonds is 5. The molecule has 0 saturated carbocycles. The normalized spacial score (nSPS) is 10.4. The standard InChI is InChI=1S/C14H18N4O/c1-11-2-4-12(5-3-11)17-14(19)9-18-8-13(6-7-15)16-10-18/h2-5,8,10H,6-7,9,15H2,1H3,(H,17,19). The molecular formula is C14H18N4O. The number of nitrogens with zero attached hydrogens (tertiary/aromatic N) is 2. The predicted molar refractivity (Wildman–Crippen MR) is 74.8 cm³/mol. The third kappa shape index (κ3) is 3.93. The Morgan fingerprint density at radius 3 is 2.79 bits per heavy atom. The van der Waals surface area contributed by atoms with Gasteiger partial charge in [-0.15, -0.1) is 0 Å². The van der Waals surface area contributed by atoms with Crippen molar-refractivity contribution in [3.8, 4) is 0 Å². The third-order valence-electron chi connectivity index (χ3n) is 2.75. The number of anilines is 1. The average molecular weight is 258 g/mol. The SMILES string of the molecule is Cc1ccc(NC(=O)Cn2cnc(CCN)c2)cc1. The van der Waals surface area contributed by atoms with E-state index in [1.54, 1.807) is 10.9 Å². The van der Waals surface area contributed by atoms with Crippen molar-refractivity contribution in [1.29, 1.82) is 0 Å². The van der Waals surface area contributed by atoms with E-state index in [0.29, 0.717) is 6.54 Å². The molecule has 19 heavy (non-hydrogen) atoms. The zero-order valence-corrected chi connectivity index (χ0v) is 11.0. The number of carbonyl (C=O) groups excluding carboxylic acids is 1. The minimum absolute atomic E-state index is 0.0689. The van der Waals surface area contributed by atoms with Gasteiger partial charge in [-0.3, -0.25) is 4.79 Å². The highest BCUT2D eigenvalue weighted by Gasteiger charge is 2.04. The molecule has 5 heteroatoms. The van der Waals surface area contributed by atoms with E-state index in [9.17, 15) is 4.79 Å². The van der Waals surface area contributed by atoms with E-state index in [4.69, 9.17) is 5.73 Å². The second-order valence-corrected chi connectivity index (χ2v) is 4.49. The molecule has 0 aliphatic carbocycles. The van der Waals surface area contributed by atoms with Gasteiger partial charge in [-0.25, -0.2) is 4.98 Å². The summed E-state index contributed by atoms with van der Waals surface area (Å²) in [6, 6.07) is 7.71. The number of hydrogen-bond acceptors (Lipinski definition) is 3. The fourth-order valence-corrected chi connectivity index (χ4v) is 1.77. The van der Waals surface area contributed by atoms with Crippen molar-refractivity contribution in [2.24, 2.45) is 5.73 Å². The quantitative estimate of drug-likeness (QED) is 0.849. The summed E-state index contributed by atoms with van der Waals surface area (Å²) < 4.78 is 1.76. The van der Waals surface area contributed by atoms with Gasteiger partial charge in [-0.2, -0.15) is 0 Å². The zero-order chi connectivity index (χ0) is 13.7. The number of aromatic nitrogens is 2. The molecule has 0 unspecified atom stereocenters. The van der Waals surface area contributed by atoms with Crippen LogP contribution in [0.5, 0.6) is 0 Å². The van der Waals surface area contributed by atoms with Crippen LogP contribution in [0.1, 0.15) is 11.3 Å². The van der Waals surface area contributed by atoms with Gasteiger partial charge in [0.25, 0.3) is 0 Å². The molecule has 0 saturated heterocycles. The minimum Gasteiger partial charge on any atom is -0.330 e. The maximum Gasteiger partial charge on any atom is 0.244 e. The molecule has 0 aliphatic rings. The Morgan fingerprint density at radius 1 is 1.37 bits per heavy atom. The summed E-state index contributed by atoms with van der Waals surface area (Å²) in [5.74, 6) is -0.0689. The van der Waals surface area contributed by atoms with E-state index in [0.717, 1.165) is 17.8 Å². The highest BCUT2D eigenvalue weighted by atomic mass is 16.1. The molecule has 1 heterocycles. The minimum atomic E-state index is -0.0689. The molecule has 5 nitrogen and oxygen atoms in total. The van der Waals surface area contributed by atoms with Gasteiger partial charge < -0.3 is 15.6 Å². The maximum atomic E-state index is 11.8. The molecule has 0 aliphatic heterocycles. The van der Waals surface area contributed by atoms with E-state index in [1.807, 2.05) is 37.4 Å². The first-order chi connectivity index (χ1) is 9.17. The molecule has 0 atom stereocenters. The van der Waals surface area contributed by atoms with E-state index in [-0.39, 0.29) is 12.5 Å². The van der Waals surface area contributed by atoms with E-state index < -0.39 is 0 Å². The summed E-state index contributed by atoms with van der Waals surface area (Å²) in [6.07, 6.45) is 4.23. The van der Waals surface area contributed by atoms with Gasteiger partial charge in [0, 0.05) is 18.3 Å².